The maximum atomic E-state index is 12.3. The molecule has 0 saturated carbocycles. The van der Waals surface area contributed by atoms with E-state index in [9.17, 15) is 8.42 Å². The molecule has 1 aromatic heterocycles. The largest absolute Gasteiger partial charge is 0.464 e. The minimum absolute atomic E-state index is 0.260. The van der Waals surface area contributed by atoms with Gasteiger partial charge in [0.2, 0.25) is 10.0 Å². The highest BCUT2D eigenvalue weighted by Gasteiger charge is 2.23. The van der Waals surface area contributed by atoms with Crippen molar-refractivity contribution in [1.29, 1.82) is 0 Å². The summed E-state index contributed by atoms with van der Waals surface area (Å²) in [5.41, 5.74) is 0. The van der Waals surface area contributed by atoms with E-state index in [0.29, 0.717) is 30.5 Å². The fraction of sp³-hybridized carbons (Fsp3) is 0.692. The first-order chi connectivity index (χ1) is 9.53. The Morgan fingerprint density at radius 1 is 1.50 bits per heavy atom. The average Bonchev–Trinajstić information content (AvgIpc) is 3.03. The third-order valence-electron chi connectivity index (χ3n) is 3.35. The molecule has 0 spiro atoms. The van der Waals surface area contributed by atoms with Crippen molar-refractivity contribution in [3.8, 4) is 0 Å². The Labute approximate surface area is 124 Å². The van der Waals surface area contributed by atoms with Crippen LogP contribution in [0.15, 0.2) is 15.4 Å². The highest BCUT2D eigenvalue weighted by Crippen LogP contribution is 2.24. The van der Waals surface area contributed by atoms with Crippen LogP contribution in [0.5, 0.6) is 0 Å². The lowest BCUT2D eigenvalue weighted by Crippen LogP contribution is -2.29. The van der Waals surface area contributed by atoms with Gasteiger partial charge in [0.1, 0.15) is 16.4 Å². The quantitative estimate of drug-likeness (QED) is 0.801. The van der Waals surface area contributed by atoms with E-state index < -0.39 is 10.0 Å². The van der Waals surface area contributed by atoms with Gasteiger partial charge >= 0.3 is 0 Å². The van der Waals surface area contributed by atoms with Crippen LogP contribution in [-0.2, 0) is 16.6 Å². The molecular weight excluding hydrogens is 296 g/mol. The average molecular weight is 318 g/mol. The summed E-state index contributed by atoms with van der Waals surface area (Å²) in [5.74, 6) is 3.72. The van der Waals surface area contributed by atoms with E-state index >= 15 is 0 Å². The monoisotopic (exact) mass is 318 g/mol. The fourth-order valence-corrected chi connectivity index (χ4v) is 4.78. The molecule has 1 aromatic rings. The van der Waals surface area contributed by atoms with Crippen LogP contribution < -0.4 is 10.0 Å². The molecule has 0 amide bonds. The normalized spacial score (nSPS) is 19.6. The van der Waals surface area contributed by atoms with Crippen LogP contribution in [0, 0.1) is 12.8 Å². The Kier molecular flexibility index (Phi) is 5.54. The van der Waals surface area contributed by atoms with Crippen molar-refractivity contribution in [2.24, 2.45) is 5.92 Å². The fourth-order valence-electron chi connectivity index (χ4n) is 2.18. The summed E-state index contributed by atoms with van der Waals surface area (Å²) >= 11 is 1.88. The first kappa shape index (κ1) is 15.9. The second kappa shape index (κ2) is 6.98. The van der Waals surface area contributed by atoms with Crippen molar-refractivity contribution in [2.45, 2.75) is 31.7 Å². The Balaban J connectivity index is 2.02. The van der Waals surface area contributed by atoms with Crippen molar-refractivity contribution in [2.75, 3.05) is 24.6 Å². The molecule has 1 atom stereocenters. The van der Waals surface area contributed by atoms with Crippen molar-refractivity contribution in [1.82, 2.24) is 10.0 Å². The number of rotatable bonds is 7. The zero-order valence-corrected chi connectivity index (χ0v) is 13.6. The predicted molar refractivity (Wildman–Crippen MR) is 81.4 cm³/mol. The number of hydrogen-bond donors (Lipinski definition) is 2. The number of aryl methyl sites for hydroxylation is 1. The molecule has 0 radical (unpaired) electrons. The van der Waals surface area contributed by atoms with Crippen molar-refractivity contribution in [3.63, 3.8) is 0 Å². The smallest absolute Gasteiger partial charge is 0.244 e. The number of nitrogens with one attached hydrogen (secondary N) is 2. The van der Waals surface area contributed by atoms with Gasteiger partial charge in [0.15, 0.2) is 0 Å². The molecule has 0 aliphatic carbocycles. The second-order valence-corrected chi connectivity index (χ2v) is 7.88. The third kappa shape index (κ3) is 4.00. The van der Waals surface area contributed by atoms with Gasteiger partial charge in [-0.2, -0.15) is 11.8 Å². The van der Waals surface area contributed by atoms with Crippen LogP contribution in [0.4, 0.5) is 0 Å². The minimum Gasteiger partial charge on any atom is -0.464 e. The summed E-state index contributed by atoms with van der Waals surface area (Å²) in [5, 5.41) is 3.12. The van der Waals surface area contributed by atoms with E-state index in [1.165, 1.54) is 0 Å². The van der Waals surface area contributed by atoms with Gasteiger partial charge in [-0.15, -0.1) is 0 Å². The van der Waals surface area contributed by atoms with Gasteiger partial charge in [0, 0.05) is 12.6 Å². The second-order valence-electron chi connectivity index (χ2n) is 4.99. The zero-order chi connectivity index (χ0) is 14.6. The SMILES string of the molecule is CCNCc1cc(S(=O)(=O)NCC2CCSC2)c(C)o1. The van der Waals surface area contributed by atoms with Gasteiger partial charge in [-0.3, -0.25) is 0 Å². The highest BCUT2D eigenvalue weighted by atomic mass is 32.2. The molecule has 1 saturated heterocycles. The van der Waals surface area contributed by atoms with E-state index in [2.05, 4.69) is 10.0 Å². The number of thioether (sulfide) groups is 1. The third-order valence-corrected chi connectivity index (χ3v) is 6.11. The lowest BCUT2D eigenvalue weighted by atomic mass is 10.1. The van der Waals surface area contributed by atoms with Crippen molar-refractivity contribution >= 4 is 21.8 Å². The van der Waals surface area contributed by atoms with E-state index in [1.54, 1.807) is 13.0 Å². The molecule has 114 valence electrons. The first-order valence-corrected chi connectivity index (χ1v) is 9.54. The van der Waals surface area contributed by atoms with Crippen molar-refractivity contribution < 1.29 is 12.8 Å². The molecule has 2 rings (SSSR count). The molecule has 1 unspecified atom stereocenters. The summed E-state index contributed by atoms with van der Waals surface area (Å²) in [6.07, 6.45) is 1.09. The number of furan rings is 1. The van der Waals surface area contributed by atoms with Crippen LogP contribution in [0.3, 0.4) is 0 Å². The Hall–Kier alpha value is -0.500. The first-order valence-electron chi connectivity index (χ1n) is 6.90. The van der Waals surface area contributed by atoms with Gasteiger partial charge in [0.05, 0.1) is 6.54 Å². The molecule has 0 aromatic carbocycles. The van der Waals surface area contributed by atoms with Gasteiger partial charge in [-0.05, 0) is 37.3 Å². The van der Waals surface area contributed by atoms with Gasteiger partial charge in [-0.25, -0.2) is 13.1 Å². The molecule has 2 N–H and O–H groups in total. The molecule has 1 aliphatic heterocycles. The lowest BCUT2D eigenvalue weighted by molar-refractivity contribution is 0.460. The number of hydrogen-bond acceptors (Lipinski definition) is 5. The minimum atomic E-state index is -3.46. The maximum absolute atomic E-state index is 12.3. The molecule has 1 aliphatic rings. The van der Waals surface area contributed by atoms with Crippen molar-refractivity contribution in [3.05, 3.63) is 17.6 Å². The van der Waals surface area contributed by atoms with E-state index in [-0.39, 0.29) is 4.90 Å². The lowest BCUT2D eigenvalue weighted by Gasteiger charge is -2.09. The van der Waals surface area contributed by atoms with Gasteiger partial charge in [-0.1, -0.05) is 6.92 Å². The Morgan fingerprint density at radius 3 is 2.95 bits per heavy atom. The summed E-state index contributed by atoms with van der Waals surface area (Å²) in [4.78, 5) is 0.260. The summed E-state index contributed by atoms with van der Waals surface area (Å²) < 4.78 is 32.8. The molecule has 5 nitrogen and oxygen atoms in total. The Bertz CT molecular complexity index is 534. The maximum Gasteiger partial charge on any atom is 0.244 e. The molecule has 1 fully saturated rings. The van der Waals surface area contributed by atoms with Crippen LogP contribution >= 0.6 is 11.8 Å². The zero-order valence-electron chi connectivity index (χ0n) is 11.9. The molecular formula is C13H22N2O3S2. The standard InChI is InChI=1S/C13H22N2O3S2/c1-3-14-8-12-6-13(10(2)18-12)20(16,17)15-7-11-4-5-19-9-11/h6,11,14-15H,3-5,7-9H2,1-2H3. The molecule has 2 heterocycles. The van der Waals surface area contributed by atoms with E-state index in [0.717, 1.165) is 24.5 Å². The topological polar surface area (TPSA) is 71.3 Å². The summed E-state index contributed by atoms with van der Waals surface area (Å²) in [6, 6.07) is 1.61. The van der Waals surface area contributed by atoms with E-state index in [4.69, 9.17) is 4.42 Å². The highest BCUT2D eigenvalue weighted by molar-refractivity contribution is 7.99. The Morgan fingerprint density at radius 2 is 2.30 bits per heavy atom. The van der Waals surface area contributed by atoms with Gasteiger partial charge < -0.3 is 9.73 Å². The van der Waals surface area contributed by atoms with Crippen LogP contribution in [0.25, 0.3) is 0 Å². The summed E-state index contributed by atoms with van der Waals surface area (Å²) in [6.45, 7) is 5.57. The van der Waals surface area contributed by atoms with Crippen LogP contribution in [0.2, 0.25) is 0 Å². The predicted octanol–water partition coefficient (Wildman–Crippen LogP) is 1.73. The molecule has 0 bridgehead atoms. The van der Waals surface area contributed by atoms with E-state index in [1.807, 2.05) is 18.7 Å². The van der Waals surface area contributed by atoms with Crippen LogP contribution in [-0.4, -0.2) is 33.0 Å². The molecule has 20 heavy (non-hydrogen) atoms. The van der Waals surface area contributed by atoms with Crippen LogP contribution in [0.1, 0.15) is 24.9 Å². The number of sulfonamides is 1. The van der Waals surface area contributed by atoms with Gasteiger partial charge in [0.25, 0.3) is 0 Å². The summed E-state index contributed by atoms with van der Waals surface area (Å²) in [7, 11) is -3.46. The molecule has 7 heteroatoms.